The fourth-order valence-electron chi connectivity index (χ4n) is 0.578. The summed E-state index contributed by atoms with van der Waals surface area (Å²) in [6, 6.07) is 5.40. The highest BCUT2D eigenvalue weighted by molar-refractivity contribution is 5.31. The highest BCUT2D eigenvalue weighted by Gasteiger charge is 1.96. The predicted octanol–water partition coefficient (Wildman–Crippen LogP) is 0.323. The van der Waals surface area contributed by atoms with Gasteiger partial charge in [-0.1, -0.05) is 6.07 Å². The Morgan fingerprint density at radius 1 is 1.60 bits per heavy atom. The standard InChI is InChI=1S/C6H9N3O/c1-10-9(7)6-4-2-3-5-8-6/h2-5H,7H2,1H3. The molecule has 0 radical (unpaired) electrons. The molecule has 1 rings (SSSR count). The van der Waals surface area contributed by atoms with E-state index >= 15 is 0 Å². The van der Waals surface area contributed by atoms with Gasteiger partial charge in [-0.25, -0.2) is 10.8 Å². The number of nitrogens with two attached hydrogens (primary N) is 1. The molecule has 0 bridgehead atoms. The van der Waals surface area contributed by atoms with Gasteiger partial charge in [0.2, 0.25) is 0 Å². The number of anilines is 1. The van der Waals surface area contributed by atoms with Gasteiger partial charge in [-0.3, -0.25) is 4.84 Å². The van der Waals surface area contributed by atoms with E-state index in [0.717, 1.165) is 5.17 Å². The van der Waals surface area contributed by atoms with Crippen molar-refractivity contribution in [3.63, 3.8) is 0 Å². The monoisotopic (exact) mass is 139 g/mol. The van der Waals surface area contributed by atoms with Gasteiger partial charge in [0.1, 0.15) is 0 Å². The Balaban J connectivity index is 2.75. The third kappa shape index (κ3) is 1.43. The van der Waals surface area contributed by atoms with E-state index in [4.69, 9.17) is 5.84 Å². The Hall–Kier alpha value is -1.13. The molecule has 1 aromatic heterocycles. The van der Waals surface area contributed by atoms with Gasteiger partial charge in [0.25, 0.3) is 0 Å². The zero-order valence-corrected chi connectivity index (χ0v) is 5.69. The van der Waals surface area contributed by atoms with E-state index < -0.39 is 0 Å². The lowest BCUT2D eigenvalue weighted by Crippen LogP contribution is -2.29. The summed E-state index contributed by atoms with van der Waals surface area (Å²) < 4.78 is 0. The number of aromatic nitrogens is 1. The van der Waals surface area contributed by atoms with Crippen molar-refractivity contribution in [2.75, 3.05) is 12.3 Å². The van der Waals surface area contributed by atoms with Crippen molar-refractivity contribution < 1.29 is 4.84 Å². The van der Waals surface area contributed by atoms with E-state index in [1.165, 1.54) is 7.11 Å². The van der Waals surface area contributed by atoms with Gasteiger partial charge in [-0.15, -0.1) is 0 Å². The van der Waals surface area contributed by atoms with Crippen LogP contribution in [0.1, 0.15) is 0 Å². The normalized spacial score (nSPS) is 9.40. The molecule has 0 fully saturated rings. The molecule has 0 aliphatic rings. The van der Waals surface area contributed by atoms with Gasteiger partial charge in [-0.05, 0) is 12.1 Å². The number of nitrogens with zero attached hydrogens (tertiary/aromatic N) is 2. The van der Waals surface area contributed by atoms with E-state index in [9.17, 15) is 0 Å². The molecule has 0 atom stereocenters. The van der Waals surface area contributed by atoms with Crippen molar-refractivity contribution in [1.29, 1.82) is 0 Å². The van der Waals surface area contributed by atoms with Crippen molar-refractivity contribution in [2.45, 2.75) is 0 Å². The lowest BCUT2D eigenvalue weighted by atomic mass is 10.5. The van der Waals surface area contributed by atoms with Gasteiger partial charge in [0, 0.05) is 6.20 Å². The van der Waals surface area contributed by atoms with Crippen LogP contribution in [0.5, 0.6) is 0 Å². The largest absolute Gasteiger partial charge is 0.260 e. The summed E-state index contributed by atoms with van der Waals surface area (Å²) >= 11 is 0. The molecule has 0 amide bonds. The number of hydrogen-bond acceptors (Lipinski definition) is 4. The molecule has 4 heteroatoms. The highest BCUT2D eigenvalue weighted by Crippen LogP contribution is 2.02. The number of hydrazine groups is 1. The third-order valence-electron chi connectivity index (χ3n) is 1.07. The average Bonchev–Trinajstić information content (AvgIpc) is 2.05. The molecule has 0 saturated carbocycles. The van der Waals surface area contributed by atoms with Crippen LogP contribution >= 0.6 is 0 Å². The summed E-state index contributed by atoms with van der Waals surface area (Å²) in [5.74, 6) is 5.93. The molecule has 4 nitrogen and oxygen atoms in total. The zero-order chi connectivity index (χ0) is 7.40. The van der Waals surface area contributed by atoms with Gasteiger partial charge >= 0.3 is 0 Å². The summed E-state index contributed by atoms with van der Waals surface area (Å²) in [4.78, 5) is 8.61. The van der Waals surface area contributed by atoms with Crippen molar-refractivity contribution >= 4 is 5.82 Å². The SMILES string of the molecule is CON(N)c1ccccn1. The molecule has 0 spiro atoms. The third-order valence-corrected chi connectivity index (χ3v) is 1.07. The smallest absolute Gasteiger partial charge is 0.170 e. The molecule has 0 unspecified atom stereocenters. The zero-order valence-electron chi connectivity index (χ0n) is 5.69. The minimum atomic E-state index is 0.588. The second kappa shape index (κ2) is 3.14. The minimum absolute atomic E-state index is 0.588. The molecule has 0 saturated heterocycles. The minimum Gasteiger partial charge on any atom is -0.260 e. The molecule has 0 aliphatic heterocycles. The summed E-state index contributed by atoms with van der Waals surface area (Å²) in [5, 5.41) is 1.10. The van der Waals surface area contributed by atoms with E-state index in [-0.39, 0.29) is 0 Å². The highest BCUT2D eigenvalue weighted by atomic mass is 16.7. The van der Waals surface area contributed by atoms with Crippen LogP contribution in [0.25, 0.3) is 0 Å². The van der Waals surface area contributed by atoms with E-state index in [0.29, 0.717) is 5.82 Å². The van der Waals surface area contributed by atoms with Gasteiger partial charge in [0.15, 0.2) is 5.82 Å². The number of rotatable bonds is 2. The maximum absolute atomic E-state index is 5.34. The van der Waals surface area contributed by atoms with Crippen molar-refractivity contribution in [3.8, 4) is 0 Å². The molecule has 0 aliphatic carbocycles. The lowest BCUT2D eigenvalue weighted by molar-refractivity contribution is 0.166. The molecule has 10 heavy (non-hydrogen) atoms. The van der Waals surface area contributed by atoms with Crippen molar-refractivity contribution in [1.82, 2.24) is 4.98 Å². The van der Waals surface area contributed by atoms with Crippen LogP contribution in [0.2, 0.25) is 0 Å². The van der Waals surface area contributed by atoms with E-state index in [1.807, 2.05) is 12.1 Å². The molecular formula is C6H9N3O. The molecule has 1 aromatic rings. The summed E-state index contributed by atoms with van der Waals surface area (Å²) in [7, 11) is 1.48. The first-order valence-electron chi connectivity index (χ1n) is 2.84. The van der Waals surface area contributed by atoms with Crippen LogP contribution in [-0.4, -0.2) is 12.1 Å². The fraction of sp³-hybridized carbons (Fsp3) is 0.167. The fourth-order valence-corrected chi connectivity index (χ4v) is 0.578. The van der Waals surface area contributed by atoms with Crippen LogP contribution in [0, 0.1) is 0 Å². The quantitative estimate of drug-likeness (QED) is 0.473. The number of pyridine rings is 1. The average molecular weight is 139 g/mol. The maximum atomic E-state index is 5.34. The van der Waals surface area contributed by atoms with E-state index in [1.54, 1.807) is 12.3 Å². The predicted molar refractivity (Wildman–Crippen MR) is 37.9 cm³/mol. The first-order chi connectivity index (χ1) is 4.84. The summed E-state index contributed by atoms with van der Waals surface area (Å²) in [5.41, 5.74) is 0. The van der Waals surface area contributed by atoms with E-state index in [2.05, 4.69) is 9.82 Å². The second-order valence-electron chi connectivity index (χ2n) is 1.70. The molecule has 54 valence electrons. The van der Waals surface area contributed by atoms with Crippen LogP contribution < -0.4 is 11.0 Å². The molecule has 0 aromatic carbocycles. The van der Waals surface area contributed by atoms with Crippen LogP contribution in [0.15, 0.2) is 24.4 Å². The molecule has 1 heterocycles. The Morgan fingerprint density at radius 2 is 2.40 bits per heavy atom. The first kappa shape index (κ1) is 6.98. The molecular weight excluding hydrogens is 130 g/mol. The Kier molecular flexibility index (Phi) is 2.20. The number of hydrogen-bond donors (Lipinski definition) is 1. The summed E-state index contributed by atoms with van der Waals surface area (Å²) in [6.07, 6.45) is 1.65. The Morgan fingerprint density at radius 3 is 2.90 bits per heavy atom. The van der Waals surface area contributed by atoms with Gasteiger partial charge < -0.3 is 0 Å². The Bertz CT molecular complexity index is 189. The van der Waals surface area contributed by atoms with Crippen molar-refractivity contribution in [3.05, 3.63) is 24.4 Å². The van der Waals surface area contributed by atoms with Crippen LogP contribution in [0.4, 0.5) is 5.82 Å². The molecule has 2 N–H and O–H groups in total. The van der Waals surface area contributed by atoms with Crippen molar-refractivity contribution in [2.24, 2.45) is 5.84 Å². The lowest BCUT2D eigenvalue weighted by Gasteiger charge is -2.12. The van der Waals surface area contributed by atoms with Gasteiger partial charge in [-0.2, -0.15) is 5.17 Å². The van der Waals surface area contributed by atoms with Gasteiger partial charge in [0.05, 0.1) is 7.11 Å². The maximum Gasteiger partial charge on any atom is 0.170 e. The van der Waals surface area contributed by atoms with Crippen LogP contribution in [0.3, 0.4) is 0 Å². The first-order valence-corrected chi connectivity index (χ1v) is 2.84. The van der Waals surface area contributed by atoms with Crippen LogP contribution in [-0.2, 0) is 4.84 Å². The Labute approximate surface area is 59.2 Å². The summed E-state index contributed by atoms with van der Waals surface area (Å²) in [6.45, 7) is 0. The topological polar surface area (TPSA) is 51.4 Å². The second-order valence-corrected chi connectivity index (χ2v) is 1.70.